The predicted octanol–water partition coefficient (Wildman–Crippen LogP) is 3.00. The van der Waals surface area contributed by atoms with Crippen LogP contribution in [0.3, 0.4) is 0 Å². The standard InChI is InChI=1S/C14H15N3O2S/c1-9-6-10-12(7-11(9)19-3)20-14-13(15-4-5-16-14)17(10)8-18-2/h4-7H,8H2,1-3H3. The van der Waals surface area contributed by atoms with E-state index < -0.39 is 0 Å². The number of fused-ring (bicyclic) bond motifs is 2. The number of methoxy groups -OCH3 is 2. The normalized spacial score (nSPS) is 12.8. The molecule has 0 fully saturated rings. The molecule has 0 bridgehead atoms. The maximum Gasteiger partial charge on any atom is 0.168 e. The molecule has 0 amide bonds. The average Bonchev–Trinajstić information content (AvgIpc) is 2.47. The van der Waals surface area contributed by atoms with Gasteiger partial charge in [0.1, 0.15) is 17.5 Å². The molecule has 5 nitrogen and oxygen atoms in total. The Balaban J connectivity index is 2.15. The molecule has 0 atom stereocenters. The second kappa shape index (κ2) is 5.30. The highest BCUT2D eigenvalue weighted by Gasteiger charge is 2.26. The van der Waals surface area contributed by atoms with Crippen molar-refractivity contribution in [1.82, 2.24) is 9.97 Å². The summed E-state index contributed by atoms with van der Waals surface area (Å²) < 4.78 is 10.7. The smallest absolute Gasteiger partial charge is 0.168 e. The number of aryl methyl sites for hydroxylation is 1. The van der Waals surface area contributed by atoms with E-state index >= 15 is 0 Å². The van der Waals surface area contributed by atoms with Crippen molar-refractivity contribution in [1.29, 1.82) is 0 Å². The van der Waals surface area contributed by atoms with E-state index in [1.54, 1.807) is 38.4 Å². The van der Waals surface area contributed by atoms with Crippen molar-refractivity contribution in [2.75, 3.05) is 25.9 Å². The molecule has 1 aliphatic rings. The van der Waals surface area contributed by atoms with Crippen LogP contribution in [0.25, 0.3) is 0 Å². The number of nitrogens with zero attached hydrogens (tertiary/aromatic N) is 3. The Morgan fingerprint density at radius 2 is 2.00 bits per heavy atom. The van der Waals surface area contributed by atoms with Gasteiger partial charge in [0, 0.05) is 24.4 Å². The minimum Gasteiger partial charge on any atom is -0.496 e. The lowest BCUT2D eigenvalue weighted by Gasteiger charge is -2.30. The first-order chi connectivity index (χ1) is 9.74. The molecular formula is C14H15N3O2S. The van der Waals surface area contributed by atoms with Crippen molar-refractivity contribution in [3.8, 4) is 5.75 Å². The first-order valence-electron chi connectivity index (χ1n) is 6.18. The number of rotatable bonds is 3. The van der Waals surface area contributed by atoms with Crippen LogP contribution in [0.5, 0.6) is 5.75 Å². The molecule has 0 radical (unpaired) electrons. The average molecular weight is 289 g/mol. The van der Waals surface area contributed by atoms with Crippen molar-refractivity contribution in [2.45, 2.75) is 16.8 Å². The zero-order valence-electron chi connectivity index (χ0n) is 11.6. The third kappa shape index (κ3) is 2.10. The van der Waals surface area contributed by atoms with E-state index in [4.69, 9.17) is 9.47 Å². The molecule has 6 heteroatoms. The number of hydrogen-bond acceptors (Lipinski definition) is 6. The van der Waals surface area contributed by atoms with Crippen LogP contribution in [-0.4, -0.2) is 30.9 Å². The Morgan fingerprint density at radius 3 is 2.75 bits per heavy atom. The summed E-state index contributed by atoms with van der Waals surface area (Å²) in [5, 5.41) is 0.878. The topological polar surface area (TPSA) is 47.5 Å². The Kier molecular flexibility index (Phi) is 3.50. The van der Waals surface area contributed by atoms with E-state index in [9.17, 15) is 0 Å². The van der Waals surface area contributed by atoms with Crippen LogP contribution in [0.4, 0.5) is 11.5 Å². The summed E-state index contributed by atoms with van der Waals surface area (Å²) in [7, 11) is 3.36. The molecule has 0 spiro atoms. The molecule has 0 unspecified atom stereocenters. The van der Waals surface area contributed by atoms with Gasteiger partial charge in [-0.2, -0.15) is 0 Å². The van der Waals surface area contributed by atoms with Crippen LogP contribution in [0.1, 0.15) is 5.56 Å². The maximum atomic E-state index is 5.40. The Morgan fingerprint density at radius 1 is 1.20 bits per heavy atom. The van der Waals surface area contributed by atoms with Crippen molar-refractivity contribution < 1.29 is 9.47 Å². The fraction of sp³-hybridized carbons (Fsp3) is 0.286. The third-order valence-corrected chi connectivity index (χ3v) is 4.16. The van der Waals surface area contributed by atoms with Crippen LogP contribution in [0.15, 0.2) is 34.4 Å². The number of benzene rings is 1. The Bertz CT molecular complexity index is 648. The zero-order valence-corrected chi connectivity index (χ0v) is 12.4. The van der Waals surface area contributed by atoms with Crippen LogP contribution in [-0.2, 0) is 4.74 Å². The first kappa shape index (κ1) is 13.2. The number of anilines is 2. The van der Waals surface area contributed by atoms with E-state index in [1.165, 1.54) is 0 Å². The van der Waals surface area contributed by atoms with Gasteiger partial charge in [0.2, 0.25) is 0 Å². The molecule has 1 aromatic carbocycles. The fourth-order valence-electron chi connectivity index (χ4n) is 2.22. The molecule has 1 aliphatic heterocycles. The van der Waals surface area contributed by atoms with E-state index in [0.29, 0.717) is 6.73 Å². The SMILES string of the molecule is COCN1c2cc(C)c(OC)cc2Sc2nccnc21. The van der Waals surface area contributed by atoms with Gasteiger partial charge < -0.3 is 9.47 Å². The molecule has 1 aromatic heterocycles. The van der Waals surface area contributed by atoms with Gasteiger partial charge in [-0.3, -0.25) is 4.90 Å². The van der Waals surface area contributed by atoms with Gasteiger partial charge in [-0.15, -0.1) is 0 Å². The Labute approximate surface area is 121 Å². The van der Waals surface area contributed by atoms with Crippen LogP contribution >= 0.6 is 11.8 Å². The van der Waals surface area contributed by atoms with E-state index in [0.717, 1.165) is 32.7 Å². The second-order valence-electron chi connectivity index (χ2n) is 4.42. The molecular weight excluding hydrogens is 274 g/mol. The van der Waals surface area contributed by atoms with E-state index in [-0.39, 0.29) is 0 Å². The molecule has 2 aromatic rings. The lowest BCUT2D eigenvalue weighted by molar-refractivity contribution is 0.204. The third-order valence-electron chi connectivity index (χ3n) is 3.13. The van der Waals surface area contributed by atoms with Crippen LogP contribution in [0.2, 0.25) is 0 Å². The summed E-state index contributed by atoms with van der Waals surface area (Å²) in [4.78, 5) is 11.9. The number of hydrogen-bond donors (Lipinski definition) is 0. The van der Waals surface area contributed by atoms with Gasteiger partial charge in [0.15, 0.2) is 5.82 Å². The second-order valence-corrected chi connectivity index (χ2v) is 5.45. The first-order valence-corrected chi connectivity index (χ1v) is 7.00. The molecule has 20 heavy (non-hydrogen) atoms. The van der Waals surface area contributed by atoms with Gasteiger partial charge in [-0.25, -0.2) is 9.97 Å². The van der Waals surface area contributed by atoms with Crippen LogP contribution in [0, 0.1) is 6.92 Å². The maximum absolute atomic E-state index is 5.40. The fourth-order valence-corrected chi connectivity index (χ4v) is 3.24. The van der Waals surface area contributed by atoms with Gasteiger partial charge >= 0.3 is 0 Å². The van der Waals surface area contributed by atoms with Crippen molar-refractivity contribution >= 4 is 23.3 Å². The van der Waals surface area contributed by atoms with Gasteiger partial charge in [0.25, 0.3) is 0 Å². The number of ether oxygens (including phenoxy) is 2. The van der Waals surface area contributed by atoms with E-state index in [1.807, 2.05) is 17.9 Å². The predicted molar refractivity (Wildman–Crippen MR) is 77.9 cm³/mol. The van der Waals surface area contributed by atoms with Gasteiger partial charge in [0.05, 0.1) is 12.8 Å². The molecule has 0 saturated carbocycles. The quantitative estimate of drug-likeness (QED) is 0.865. The molecule has 104 valence electrons. The summed E-state index contributed by atoms with van der Waals surface area (Å²) >= 11 is 1.60. The van der Waals surface area contributed by atoms with Crippen LogP contribution < -0.4 is 9.64 Å². The summed E-state index contributed by atoms with van der Waals surface area (Å²) in [5.41, 5.74) is 2.16. The van der Waals surface area contributed by atoms with Crippen molar-refractivity contribution in [3.63, 3.8) is 0 Å². The highest BCUT2D eigenvalue weighted by Crippen LogP contribution is 2.47. The monoisotopic (exact) mass is 289 g/mol. The lowest BCUT2D eigenvalue weighted by Crippen LogP contribution is -2.24. The zero-order chi connectivity index (χ0) is 14.1. The molecule has 3 rings (SSSR count). The van der Waals surface area contributed by atoms with Crippen molar-refractivity contribution in [2.24, 2.45) is 0 Å². The Hall–Kier alpha value is -1.79. The minimum absolute atomic E-state index is 0.436. The number of aromatic nitrogens is 2. The summed E-state index contributed by atoms with van der Waals surface area (Å²) in [6.45, 7) is 2.46. The molecule has 2 heterocycles. The molecule has 0 aliphatic carbocycles. The molecule has 0 saturated heterocycles. The lowest BCUT2D eigenvalue weighted by atomic mass is 10.2. The minimum atomic E-state index is 0.436. The summed E-state index contributed by atoms with van der Waals surface area (Å²) in [6.07, 6.45) is 3.40. The van der Waals surface area contributed by atoms with E-state index in [2.05, 4.69) is 16.0 Å². The summed E-state index contributed by atoms with van der Waals surface area (Å²) in [6, 6.07) is 4.13. The highest BCUT2D eigenvalue weighted by molar-refractivity contribution is 7.99. The largest absolute Gasteiger partial charge is 0.496 e. The van der Waals surface area contributed by atoms with Gasteiger partial charge in [-0.1, -0.05) is 11.8 Å². The van der Waals surface area contributed by atoms with Crippen molar-refractivity contribution in [3.05, 3.63) is 30.1 Å². The molecule has 0 N–H and O–H groups in total. The summed E-state index contributed by atoms with van der Waals surface area (Å²) in [5.74, 6) is 1.71. The van der Waals surface area contributed by atoms with Gasteiger partial charge in [-0.05, 0) is 24.6 Å². The highest BCUT2D eigenvalue weighted by atomic mass is 32.2.